The maximum Gasteiger partial charge on any atom is 0.123 e. The molecule has 0 amide bonds. The number of pyridine rings is 1. The van der Waals surface area contributed by atoms with Crippen molar-refractivity contribution in [3.05, 3.63) is 77.9 Å². The highest BCUT2D eigenvalue weighted by molar-refractivity contribution is 5.93. The van der Waals surface area contributed by atoms with Gasteiger partial charge in [0.05, 0.1) is 23.6 Å². The van der Waals surface area contributed by atoms with Crippen LogP contribution in [0.25, 0.3) is 33.3 Å². The molecule has 2 aromatic carbocycles. The molecule has 4 rings (SSSR count). The van der Waals surface area contributed by atoms with Crippen molar-refractivity contribution < 1.29 is 4.39 Å². The van der Waals surface area contributed by atoms with E-state index in [-0.39, 0.29) is 11.9 Å². The predicted octanol–water partition coefficient (Wildman–Crippen LogP) is 4.83. The molecule has 0 spiro atoms. The summed E-state index contributed by atoms with van der Waals surface area (Å²) < 4.78 is 13.4. The normalized spacial score (nSPS) is 12.3. The van der Waals surface area contributed by atoms with Crippen LogP contribution in [0.4, 0.5) is 4.39 Å². The fourth-order valence-corrected chi connectivity index (χ4v) is 3.33. The largest absolute Gasteiger partial charge is 0.324 e. The van der Waals surface area contributed by atoms with Crippen molar-refractivity contribution in [2.24, 2.45) is 5.73 Å². The van der Waals surface area contributed by atoms with Crippen LogP contribution < -0.4 is 5.73 Å². The second-order valence-electron chi connectivity index (χ2n) is 6.73. The summed E-state index contributed by atoms with van der Waals surface area (Å²) >= 11 is 0. The number of nitrogens with two attached hydrogens (primary N) is 1. The molecule has 0 saturated heterocycles. The van der Waals surface area contributed by atoms with Gasteiger partial charge in [0.1, 0.15) is 5.82 Å². The molecule has 0 saturated carbocycles. The molecular formula is C22H19FN4. The monoisotopic (exact) mass is 358 g/mol. The highest BCUT2D eigenvalue weighted by Gasteiger charge is 2.15. The molecular weight excluding hydrogens is 339 g/mol. The fraction of sp³-hybridized carbons (Fsp3) is 0.136. The molecule has 1 unspecified atom stereocenters. The third-order valence-corrected chi connectivity index (χ3v) is 4.61. The van der Waals surface area contributed by atoms with E-state index in [0.717, 1.165) is 44.4 Å². The van der Waals surface area contributed by atoms with Crippen LogP contribution in [0.1, 0.15) is 24.1 Å². The molecule has 4 nitrogen and oxygen atoms in total. The smallest absolute Gasteiger partial charge is 0.123 e. The summed E-state index contributed by atoms with van der Waals surface area (Å²) in [6.07, 6.45) is 3.32. The third kappa shape index (κ3) is 3.29. The van der Waals surface area contributed by atoms with E-state index in [4.69, 9.17) is 10.7 Å². The lowest BCUT2D eigenvalue weighted by molar-refractivity contribution is 0.628. The second-order valence-corrected chi connectivity index (χ2v) is 6.73. The van der Waals surface area contributed by atoms with Crippen LogP contribution in [-0.2, 0) is 0 Å². The summed E-state index contributed by atoms with van der Waals surface area (Å²) in [7, 11) is 0. The van der Waals surface area contributed by atoms with Crippen molar-refractivity contribution in [1.29, 1.82) is 0 Å². The van der Waals surface area contributed by atoms with Crippen molar-refractivity contribution in [3.8, 4) is 22.4 Å². The van der Waals surface area contributed by atoms with E-state index in [9.17, 15) is 4.39 Å². The molecule has 0 aliphatic carbocycles. The van der Waals surface area contributed by atoms with Crippen molar-refractivity contribution in [3.63, 3.8) is 0 Å². The lowest BCUT2D eigenvalue weighted by Crippen LogP contribution is -2.07. The van der Waals surface area contributed by atoms with Gasteiger partial charge >= 0.3 is 0 Å². The topological polar surface area (TPSA) is 64.7 Å². The van der Waals surface area contributed by atoms with Gasteiger partial charge in [-0.25, -0.2) is 9.37 Å². The van der Waals surface area contributed by atoms with Crippen LogP contribution in [0.2, 0.25) is 0 Å². The highest BCUT2D eigenvalue weighted by atomic mass is 19.1. The molecule has 0 aliphatic heterocycles. The van der Waals surface area contributed by atoms with Gasteiger partial charge in [-0.2, -0.15) is 10.2 Å². The summed E-state index contributed by atoms with van der Waals surface area (Å²) in [4.78, 5) is 4.93. The first-order valence-corrected chi connectivity index (χ1v) is 8.77. The zero-order valence-electron chi connectivity index (χ0n) is 15.1. The van der Waals surface area contributed by atoms with Gasteiger partial charge in [-0.1, -0.05) is 18.2 Å². The molecule has 27 heavy (non-hydrogen) atoms. The van der Waals surface area contributed by atoms with Crippen LogP contribution in [0.5, 0.6) is 0 Å². The van der Waals surface area contributed by atoms with Gasteiger partial charge < -0.3 is 5.73 Å². The Morgan fingerprint density at radius 1 is 0.963 bits per heavy atom. The molecule has 0 bridgehead atoms. The number of aryl methyl sites for hydroxylation is 1. The lowest BCUT2D eigenvalue weighted by atomic mass is 9.94. The van der Waals surface area contributed by atoms with Crippen LogP contribution in [0.15, 0.2) is 60.9 Å². The number of hydrogen-bond acceptors (Lipinski definition) is 4. The van der Waals surface area contributed by atoms with Crippen LogP contribution in [-0.4, -0.2) is 15.2 Å². The van der Waals surface area contributed by atoms with E-state index in [1.54, 1.807) is 24.5 Å². The van der Waals surface area contributed by atoms with Gasteiger partial charge in [0, 0.05) is 22.6 Å². The summed E-state index contributed by atoms with van der Waals surface area (Å²) in [5.74, 6) is -0.272. The number of halogens is 1. The Morgan fingerprint density at radius 3 is 2.41 bits per heavy atom. The quantitative estimate of drug-likeness (QED) is 0.570. The van der Waals surface area contributed by atoms with E-state index in [2.05, 4.69) is 22.3 Å². The molecule has 0 fully saturated rings. The Kier molecular flexibility index (Phi) is 4.38. The molecule has 4 aromatic rings. The molecule has 0 aliphatic rings. The Bertz CT molecular complexity index is 1110. The fourth-order valence-electron chi connectivity index (χ4n) is 3.33. The van der Waals surface area contributed by atoms with E-state index >= 15 is 0 Å². The lowest BCUT2D eigenvalue weighted by Gasteiger charge is -2.16. The first kappa shape index (κ1) is 17.2. The van der Waals surface area contributed by atoms with Gasteiger partial charge in [-0.15, -0.1) is 0 Å². The molecule has 134 valence electrons. The van der Waals surface area contributed by atoms with Crippen molar-refractivity contribution >= 4 is 10.9 Å². The minimum Gasteiger partial charge on any atom is -0.324 e. The van der Waals surface area contributed by atoms with Gasteiger partial charge in [0.25, 0.3) is 0 Å². The zero-order valence-corrected chi connectivity index (χ0v) is 15.1. The summed E-state index contributed by atoms with van der Waals surface area (Å²) in [6.45, 7) is 4.00. The van der Waals surface area contributed by atoms with Crippen LogP contribution in [0, 0.1) is 12.7 Å². The molecule has 2 heterocycles. The third-order valence-electron chi connectivity index (χ3n) is 4.61. The number of rotatable bonds is 3. The first-order chi connectivity index (χ1) is 13.0. The average molecular weight is 358 g/mol. The number of aromatic nitrogens is 3. The van der Waals surface area contributed by atoms with E-state index in [0.29, 0.717) is 0 Å². The van der Waals surface area contributed by atoms with Gasteiger partial charge in [0.2, 0.25) is 0 Å². The molecule has 5 heteroatoms. The minimum absolute atomic E-state index is 0.122. The highest BCUT2D eigenvalue weighted by Crippen LogP contribution is 2.35. The Labute approximate surface area is 156 Å². The maximum atomic E-state index is 13.4. The number of fused-ring (bicyclic) bond motifs is 1. The number of benzene rings is 2. The number of hydrogen-bond donors (Lipinski definition) is 1. The van der Waals surface area contributed by atoms with E-state index < -0.39 is 0 Å². The molecule has 2 N–H and O–H groups in total. The summed E-state index contributed by atoms with van der Waals surface area (Å²) in [6, 6.07) is 14.4. The minimum atomic E-state index is -0.272. The van der Waals surface area contributed by atoms with Crippen molar-refractivity contribution in [2.45, 2.75) is 19.9 Å². The van der Waals surface area contributed by atoms with Crippen molar-refractivity contribution in [1.82, 2.24) is 15.2 Å². The van der Waals surface area contributed by atoms with Crippen LogP contribution in [0.3, 0.4) is 0 Å². The van der Waals surface area contributed by atoms with Gasteiger partial charge in [-0.05, 0) is 60.9 Å². The summed E-state index contributed by atoms with van der Waals surface area (Å²) in [5.41, 5.74) is 12.7. The Hall–Kier alpha value is -3.18. The van der Waals surface area contributed by atoms with Gasteiger partial charge in [0.15, 0.2) is 0 Å². The SMILES string of the molecule is Cc1cc(C(C)N)c2cc(-c3ccc(F)cc3)c(-c3ccnnc3)nc2c1. The summed E-state index contributed by atoms with van der Waals surface area (Å²) in [5, 5.41) is 8.84. The second kappa shape index (κ2) is 6.85. The van der Waals surface area contributed by atoms with Gasteiger partial charge in [-0.3, -0.25) is 0 Å². The van der Waals surface area contributed by atoms with Crippen molar-refractivity contribution in [2.75, 3.05) is 0 Å². The average Bonchev–Trinajstić information content (AvgIpc) is 2.67. The number of nitrogens with zero attached hydrogens (tertiary/aromatic N) is 3. The Balaban J connectivity index is 2.07. The first-order valence-electron chi connectivity index (χ1n) is 8.77. The Morgan fingerprint density at radius 2 is 1.74 bits per heavy atom. The van der Waals surface area contributed by atoms with E-state index in [1.807, 2.05) is 26.0 Å². The molecule has 1 atom stereocenters. The molecule has 2 aromatic heterocycles. The predicted molar refractivity (Wildman–Crippen MR) is 106 cm³/mol. The maximum absolute atomic E-state index is 13.4. The van der Waals surface area contributed by atoms with E-state index in [1.165, 1.54) is 12.1 Å². The molecule has 0 radical (unpaired) electrons. The standard InChI is InChI=1S/C22H19FN4/c1-13-9-18(14(2)24)20-11-19(15-3-5-17(23)6-4-15)22(27-21(20)10-13)16-7-8-25-26-12-16/h3-12,14H,24H2,1-2H3. The zero-order chi connectivity index (χ0) is 19.0. The van der Waals surface area contributed by atoms with Crippen LogP contribution >= 0.6 is 0 Å².